The van der Waals surface area contributed by atoms with Crippen molar-refractivity contribution in [3.63, 3.8) is 0 Å². The molecule has 2 aromatic carbocycles. The van der Waals surface area contributed by atoms with Crippen LogP contribution in [-0.2, 0) is 22.4 Å². The Morgan fingerprint density at radius 2 is 1.50 bits per heavy atom. The highest BCUT2D eigenvalue weighted by molar-refractivity contribution is 6.30. The zero-order chi connectivity index (χ0) is 18.5. The van der Waals surface area contributed by atoms with E-state index < -0.39 is 0 Å². The quantitative estimate of drug-likeness (QED) is 0.825. The van der Waals surface area contributed by atoms with Crippen LogP contribution in [-0.4, -0.2) is 47.8 Å². The zero-order valence-corrected chi connectivity index (χ0v) is 15.1. The van der Waals surface area contributed by atoms with Gasteiger partial charge in [0, 0.05) is 31.2 Å². The molecule has 0 aliphatic carbocycles. The number of carbonyl (C=O) groups excluding carboxylic acids is 2. The van der Waals surface area contributed by atoms with Crippen molar-refractivity contribution in [1.29, 1.82) is 0 Å². The minimum Gasteiger partial charge on any atom is -0.339 e. The Labute approximate surface area is 157 Å². The van der Waals surface area contributed by atoms with Crippen LogP contribution in [0.3, 0.4) is 0 Å². The Morgan fingerprint density at radius 3 is 2.12 bits per heavy atom. The van der Waals surface area contributed by atoms with Gasteiger partial charge in [-0.1, -0.05) is 41.9 Å². The van der Waals surface area contributed by atoms with E-state index in [9.17, 15) is 14.0 Å². The van der Waals surface area contributed by atoms with E-state index in [0.29, 0.717) is 43.2 Å². The van der Waals surface area contributed by atoms with Crippen molar-refractivity contribution < 1.29 is 14.0 Å². The Balaban J connectivity index is 1.51. The summed E-state index contributed by atoms with van der Waals surface area (Å²) in [5.41, 5.74) is 1.28. The van der Waals surface area contributed by atoms with Crippen molar-refractivity contribution in [2.75, 3.05) is 26.2 Å². The van der Waals surface area contributed by atoms with Crippen LogP contribution in [0.2, 0.25) is 5.02 Å². The number of benzene rings is 2. The standard InChI is InChI=1S/C20H20ClFN2O2/c21-17-6-3-4-15(12-17)13-19(25)23-8-10-24(11-9-23)20(26)14-16-5-1-2-7-18(16)22/h1-7,12H,8-11,13-14H2. The van der Waals surface area contributed by atoms with Gasteiger partial charge in [-0.3, -0.25) is 9.59 Å². The molecule has 1 heterocycles. The summed E-state index contributed by atoms with van der Waals surface area (Å²) in [6.45, 7) is 1.91. The number of carbonyl (C=O) groups is 2. The molecule has 0 atom stereocenters. The van der Waals surface area contributed by atoms with Crippen LogP contribution in [0.5, 0.6) is 0 Å². The van der Waals surface area contributed by atoms with Crippen LogP contribution in [0.1, 0.15) is 11.1 Å². The van der Waals surface area contributed by atoms with Gasteiger partial charge in [0.15, 0.2) is 0 Å². The first-order valence-electron chi connectivity index (χ1n) is 8.56. The van der Waals surface area contributed by atoms with Gasteiger partial charge in [-0.05, 0) is 29.3 Å². The van der Waals surface area contributed by atoms with Gasteiger partial charge in [0.05, 0.1) is 12.8 Å². The maximum atomic E-state index is 13.7. The number of rotatable bonds is 4. The Bertz CT molecular complexity index is 804. The number of hydrogen-bond acceptors (Lipinski definition) is 2. The maximum absolute atomic E-state index is 13.7. The molecule has 2 aromatic rings. The minimum atomic E-state index is -0.365. The lowest BCUT2D eigenvalue weighted by Gasteiger charge is -2.35. The molecule has 0 spiro atoms. The maximum Gasteiger partial charge on any atom is 0.227 e. The third-order valence-corrected chi connectivity index (χ3v) is 4.76. The highest BCUT2D eigenvalue weighted by Gasteiger charge is 2.24. The molecule has 136 valence electrons. The summed E-state index contributed by atoms with van der Waals surface area (Å²) in [5, 5.41) is 0.610. The normalized spacial score (nSPS) is 14.4. The van der Waals surface area contributed by atoms with Crippen LogP contribution in [0.15, 0.2) is 48.5 Å². The summed E-state index contributed by atoms with van der Waals surface area (Å²) in [6.07, 6.45) is 0.340. The van der Waals surface area contributed by atoms with Gasteiger partial charge in [-0.25, -0.2) is 4.39 Å². The van der Waals surface area contributed by atoms with E-state index >= 15 is 0 Å². The summed E-state index contributed by atoms with van der Waals surface area (Å²) >= 11 is 5.95. The Kier molecular flexibility index (Phi) is 5.89. The first-order chi connectivity index (χ1) is 12.5. The SMILES string of the molecule is O=C(Cc1cccc(Cl)c1)N1CCN(C(=O)Cc2ccccc2F)CC1. The summed E-state index contributed by atoms with van der Waals surface area (Å²) in [7, 11) is 0. The summed E-state index contributed by atoms with van der Waals surface area (Å²) < 4.78 is 13.7. The molecule has 0 N–H and O–H groups in total. The lowest BCUT2D eigenvalue weighted by atomic mass is 10.1. The van der Waals surface area contributed by atoms with E-state index in [2.05, 4.69) is 0 Å². The summed E-state index contributed by atoms with van der Waals surface area (Å²) in [6, 6.07) is 13.6. The fraction of sp³-hybridized carbons (Fsp3) is 0.300. The number of nitrogens with zero attached hydrogens (tertiary/aromatic N) is 2. The van der Waals surface area contributed by atoms with Gasteiger partial charge in [-0.2, -0.15) is 0 Å². The second-order valence-corrected chi connectivity index (χ2v) is 6.77. The van der Waals surface area contributed by atoms with Crippen molar-refractivity contribution in [3.8, 4) is 0 Å². The van der Waals surface area contributed by atoms with E-state index in [1.165, 1.54) is 6.07 Å². The average Bonchev–Trinajstić information content (AvgIpc) is 2.64. The molecule has 6 heteroatoms. The molecule has 2 amide bonds. The van der Waals surface area contributed by atoms with Crippen LogP contribution >= 0.6 is 11.6 Å². The van der Waals surface area contributed by atoms with Crippen molar-refractivity contribution >= 4 is 23.4 Å². The number of amides is 2. The predicted molar refractivity (Wildman–Crippen MR) is 98.4 cm³/mol. The lowest BCUT2D eigenvalue weighted by molar-refractivity contribution is -0.138. The fourth-order valence-electron chi connectivity index (χ4n) is 3.06. The lowest BCUT2D eigenvalue weighted by Crippen LogP contribution is -2.51. The topological polar surface area (TPSA) is 40.6 Å². The molecule has 0 saturated carbocycles. The third kappa shape index (κ3) is 4.61. The van der Waals surface area contributed by atoms with Crippen molar-refractivity contribution in [1.82, 2.24) is 9.80 Å². The predicted octanol–water partition coefficient (Wildman–Crippen LogP) is 2.94. The fourth-order valence-corrected chi connectivity index (χ4v) is 3.27. The molecule has 26 heavy (non-hydrogen) atoms. The molecule has 0 aromatic heterocycles. The molecule has 1 aliphatic heterocycles. The molecular weight excluding hydrogens is 355 g/mol. The number of piperazine rings is 1. The van der Waals surface area contributed by atoms with Gasteiger partial charge in [0.25, 0.3) is 0 Å². The smallest absolute Gasteiger partial charge is 0.227 e. The zero-order valence-electron chi connectivity index (χ0n) is 14.3. The molecule has 0 radical (unpaired) electrons. The van der Waals surface area contributed by atoms with Crippen molar-refractivity contribution in [2.45, 2.75) is 12.8 Å². The monoisotopic (exact) mass is 374 g/mol. The second-order valence-electron chi connectivity index (χ2n) is 6.34. The molecule has 1 aliphatic rings. The van der Waals surface area contributed by atoms with Crippen molar-refractivity contribution in [2.24, 2.45) is 0 Å². The third-order valence-electron chi connectivity index (χ3n) is 4.53. The highest BCUT2D eigenvalue weighted by Crippen LogP contribution is 2.14. The van der Waals surface area contributed by atoms with Gasteiger partial charge in [0.2, 0.25) is 11.8 Å². The minimum absolute atomic E-state index is 0.0217. The number of hydrogen-bond donors (Lipinski definition) is 0. The van der Waals surface area contributed by atoms with Crippen LogP contribution in [0.4, 0.5) is 4.39 Å². The first kappa shape index (κ1) is 18.4. The average molecular weight is 375 g/mol. The molecule has 1 saturated heterocycles. The van der Waals surface area contributed by atoms with E-state index in [0.717, 1.165) is 5.56 Å². The number of halogens is 2. The second kappa shape index (κ2) is 8.32. The van der Waals surface area contributed by atoms with Crippen LogP contribution < -0.4 is 0 Å². The van der Waals surface area contributed by atoms with Crippen molar-refractivity contribution in [3.05, 3.63) is 70.5 Å². The Hall–Kier alpha value is -2.40. The first-order valence-corrected chi connectivity index (χ1v) is 8.94. The van der Waals surface area contributed by atoms with Gasteiger partial charge < -0.3 is 9.80 Å². The molecule has 4 nitrogen and oxygen atoms in total. The van der Waals surface area contributed by atoms with E-state index in [1.807, 2.05) is 12.1 Å². The summed E-state index contributed by atoms with van der Waals surface area (Å²) in [4.78, 5) is 28.2. The van der Waals surface area contributed by atoms with Crippen LogP contribution in [0, 0.1) is 5.82 Å². The van der Waals surface area contributed by atoms with E-state index in [-0.39, 0.29) is 24.1 Å². The highest BCUT2D eigenvalue weighted by atomic mass is 35.5. The van der Waals surface area contributed by atoms with Crippen LogP contribution in [0.25, 0.3) is 0 Å². The molecule has 0 bridgehead atoms. The van der Waals surface area contributed by atoms with Gasteiger partial charge in [0.1, 0.15) is 5.82 Å². The largest absolute Gasteiger partial charge is 0.339 e. The summed E-state index contributed by atoms with van der Waals surface area (Å²) in [5.74, 6) is -0.457. The van der Waals surface area contributed by atoms with E-state index in [4.69, 9.17) is 11.6 Å². The van der Waals surface area contributed by atoms with Gasteiger partial charge in [-0.15, -0.1) is 0 Å². The van der Waals surface area contributed by atoms with E-state index in [1.54, 1.807) is 40.1 Å². The Morgan fingerprint density at radius 1 is 0.885 bits per heavy atom. The molecular formula is C20H20ClFN2O2. The molecule has 3 rings (SSSR count). The molecule has 1 fully saturated rings. The molecule has 0 unspecified atom stereocenters. The van der Waals surface area contributed by atoms with Gasteiger partial charge >= 0.3 is 0 Å².